The Morgan fingerprint density at radius 3 is 2.19 bits per heavy atom. The van der Waals surface area contributed by atoms with E-state index in [0.717, 1.165) is 49.8 Å². The van der Waals surface area contributed by atoms with Gasteiger partial charge in [0.15, 0.2) is 11.5 Å². The molecule has 2 fully saturated rings. The molecule has 4 amide bonds. The molecule has 0 radical (unpaired) electrons. The number of phenolic OH excluding ortho intramolecular Hbond substituents is 1. The number of phenols is 1. The second-order valence-electron chi connectivity index (χ2n) is 13.2. The van der Waals surface area contributed by atoms with Crippen LogP contribution in [0.1, 0.15) is 62.5 Å². The number of ether oxygens (including phenoxy) is 3. The van der Waals surface area contributed by atoms with Gasteiger partial charge in [-0.25, -0.2) is 0 Å². The Kier molecular flexibility index (Phi) is 11.3. The van der Waals surface area contributed by atoms with Gasteiger partial charge >= 0.3 is 0 Å². The van der Waals surface area contributed by atoms with Crippen LogP contribution in [0.5, 0.6) is 11.5 Å². The average Bonchev–Trinajstić information content (AvgIpc) is 3.41. The fourth-order valence-corrected chi connectivity index (χ4v) is 8.03. The van der Waals surface area contributed by atoms with E-state index in [2.05, 4.69) is 26.2 Å². The van der Waals surface area contributed by atoms with E-state index in [4.69, 9.17) is 14.2 Å². The monoisotopic (exact) mass is 659 g/mol. The molecule has 0 aromatic heterocycles. The Hall–Kier alpha value is -3.46. The van der Waals surface area contributed by atoms with Crippen molar-refractivity contribution in [3.63, 3.8) is 0 Å². The molecule has 14 nitrogen and oxygen atoms in total. The molecule has 1 saturated heterocycles. The van der Waals surface area contributed by atoms with Gasteiger partial charge in [0.2, 0.25) is 23.6 Å². The molecule has 260 valence electrons. The topological polar surface area (TPSA) is 188 Å². The Labute approximate surface area is 275 Å². The second kappa shape index (κ2) is 15.2. The number of amides is 4. The first-order valence-electron chi connectivity index (χ1n) is 16.7. The predicted octanol–water partition coefficient (Wildman–Crippen LogP) is -0.377. The quantitative estimate of drug-likeness (QED) is 0.120. The van der Waals surface area contributed by atoms with Crippen LogP contribution in [0.15, 0.2) is 12.1 Å². The van der Waals surface area contributed by atoms with Crippen molar-refractivity contribution in [1.29, 1.82) is 0 Å². The third-order valence-corrected chi connectivity index (χ3v) is 10.3. The SMILES string of the molecule is CNC(=O)COCC(=O)NCCCCCCCNC(=O)COCC(=O)N[C@H]1CC[C@@]2(O)[C@H]3Cc4ccc(O)c5c4[C@@]2(CCN3C)[C@H]1O5. The largest absolute Gasteiger partial charge is 0.504 e. The summed E-state index contributed by atoms with van der Waals surface area (Å²) in [5.41, 5.74) is 0.222. The van der Waals surface area contributed by atoms with E-state index in [9.17, 15) is 29.4 Å². The second-order valence-corrected chi connectivity index (χ2v) is 13.2. The molecular weight excluding hydrogens is 610 g/mol. The molecule has 2 heterocycles. The Morgan fingerprint density at radius 2 is 1.53 bits per heavy atom. The van der Waals surface area contributed by atoms with Gasteiger partial charge in [-0.1, -0.05) is 25.3 Å². The molecule has 1 aromatic rings. The maximum absolute atomic E-state index is 12.9. The minimum atomic E-state index is -1.03. The zero-order valence-electron chi connectivity index (χ0n) is 27.4. The number of carbonyl (C=O) groups excluding carboxylic acids is 4. The summed E-state index contributed by atoms with van der Waals surface area (Å²) in [4.78, 5) is 50.1. The summed E-state index contributed by atoms with van der Waals surface area (Å²) in [6, 6.07) is 3.12. The summed E-state index contributed by atoms with van der Waals surface area (Å²) in [5.74, 6) is -0.711. The van der Waals surface area contributed by atoms with Gasteiger partial charge in [0.05, 0.1) is 17.1 Å². The number of likely N-dealkylation sites (tertiary alicyclic amines) is 1. The number of hydrogen-bond acceptors (Lipinski definition) is 10. The van der Waals surface area contributed by atoms with Gasteiger partial charge in [-0.2, -0.15) is 0 Å². The van der Waals surface area contributed by atoms with E-state index in [-0.39, 0.29) is 67.9 Å². The van der Waals surface area contributed by atoms with Crippen LogP contribution in [0.4, 0.5) is 0 Å². The lowest BCUT2D eigenvalue weighted by atomic mass is 9.48. The van der Waals surface area contributed by atoms with Crippen molar-refractivity contribution in [2.75, 3.05) is 60.2 Å². The molecule has 1 saturated carbocycles. The summed E-state index contributed by atoms with van der Waals surface area (Å²) in [6.45, 7) is 1.02. The van der Waals surface area contributed by atoms with Gasteiger partial charge in [-0.15, -0.1) is 0 Å². The first-order valence-corrected chi connectivity index (χ1v) is 16.7. The number of hydrogen-bond donors (Lipinski definition) is 6. The summed E-state index contributed by atoms with van der Waals surface area (Å²) < 4.78 is 16.8. The van der Waals surface area contributed by atoms with E-state index >= 15 is 0 Å². The van der Waals surface area contributed by atoms with Crippen molar-refractivity contribution in [3.8, 4) is 11.5 Å². The van der Waals surface area contributed by atoms with Crippen LogP contribution in [-0.4, -0.2) is 123 Å². The molecule has 5 rings (SSSR count). The first kappa shape index (κ1) is 34.9. The number of aromatic hydroxyl groups is 1. The lowest BCUT2D eigenvalue weighted by Gasteiger charge is -2.63. The fraction of sp³-hybridized carbons (Fsp3) is 0.697. The van der Waals surface area contributed by atoms with Crippen LogP contribution in [0.2, 0.25) is 0 Å². The zero-order valence-corrected chi connectivity index (χ0v) is 27.4. The number of unbranched alkanes of at least 4 members (excludes halogenated alkanes) is 4. The number of nitrogens with zero attached hydrogens (tertiary/aromatic N) is 1. The van der Waals surface area contributed by atoms with Gasteiger partial charge in [0.1, 0.15) is 32.5 Å². The van der Waals surface area contributed by atoms with Gasteiger partial charge < -0.3 is 50.6 Å². The molecule has 47 heavy (non-hydrogen) atoms. The number of benzene rings is 1. The molecule has 4 aliphatic rings. The molecular formula is C33H49N5O9. The molecule has 14 heteroatoms. The highest BCUT2D eigenvalue weighted by Crippen LogP contribution is 2.65. The van der Waals surface area contributed by atoms with Crippen molar-refractivity contribution in [2.45, 2.75) is 87.0 Å². The van der Waals surface area contributed by atoms with Crippen LogP contribution >= 0.6 is 0 Å². The first-order chi connectivity index (χ1) is 22.6. The normalized spacial score (nSPS) is 26.9. The van der Waals surface area contributed by atoms with Gasteiger partial charge in [-0.3, -0.25) is 19.2 Å². The fourth-order valence-electron chi connectivity index (χ4n) is 8.03. The van der Waals surface area contributed by atoms with Crippen molar-refractivity contribution < 1.29 is 43.6 Å². The average molecular weight is 660 g/mol. The molecule has 5 atom stereocenters. The van der Waals surface area contributed by atoms with Crippen LogP contribution in [0.3, 0.4) is 0 Å². The lowest BCUT2D eigenvalue weighted by Crippen LogP contribution is -2.77. The minimum Gasteiger partial charge on any atom is -0.504 e. The number of piperidine rings is 1. The molecule has 2 bridgehead atoms. The number of rotatable bonds is 17. The minimum absolute atomic E-state index is 0.0518. The van der Waals surface area contributed by atoms with Gasteiger partial charge in [-0.05, 0) is 63.7 Å². The molecule has 2 aliphatic heterocycles. The summed E-state index contributed by atoms with van der Waals surface area (Å²) in [7, 11) is 3.54. The Morgan fingerprint density at radius 1 is 0.915 bits per heavy atom. The highest BCUT2D eigenvalue weighted by atomic mass is 16.5. The third kappa shape index (κ3) is 7.20. The molecule has 2 aliphatic carbocycles. The molecule has 1 spiro atoms. The highest BCUT2D eigenvalue weighted by Gasteiger charge is 2.72. The maximum Gasteiger partial charge on any atom is 0.246 e. The Bertz CT molecular complexity index is 1330. The van der Waals surface area contributed by atoms with Crippen molar-refractivity contribution in [2.24, 2.45) is 0 Å². The third-order valence-electron chi connectivity index (χ3n) is 10.3. The molecule has 0 unspecified atom stereocenters. The predicted molar refractivity (Wildman–Crippen MR) is 170 cm³/mol. The van der Waals surface area contributed by atoms with E-state index in [1.165, 1.54) is 7.05 Å². The maximum atomic E-state index is 12.9. The van der Waals surface area contributed by atoms with Crippen LogP contribution < -0.4 is 26.0 Å². The number of likely N-dealkylation sites (N-methyl/N-ethyl adjacent to an activating group) is 2. The van der Waals surface area contributed by atoms with Crippen LogP contribution in [0, 0.1) is 0 Å². The van der Waals surface area contributed by atoms with E-state index in [1.807, 2.05) is 13.1 Å². The van der Waals surface area contributed by atoms with E-state index < -0.39 is 17.1 Å². The van der Waals surface area contributed by atoms with E-state index in [1.54, 1.807) is 6.07 Å². The van der Waals surface area contributed by atoms with Crippen molar-refractivity contribution in [3.05, 3.63) is 23.3 Å². The summed E-state index contributed by atoms with van der Waals surface area (Å²) in [6.07, 6.45) is 6.29. The van der Waals surface area contributed by atoms with Crippen molar-refractivity contribution in [1.82, 2.24) is 26.2 Å². The summed E-state index contributed by atoms with van der Waals surface area (Å²) >= 11 is 0. The smallest absolute Gasteiger partial charge is 0.246 e. The zero-order chi connectivity index (χ0) is 33.6. The Balaban J connectivity index is 0.964. The number of aliphatic hydroxyl groups is 1. The van der Waals surface area contributed by atoms with E-state index in [0.29, 0.717) is 44.5 Å². The van der Waals surface area contributed by atoms with Gasteiger partial charge in [0.25, 0.3) is 0 Å². The molecule has 1 aromatic carbocycles. The summed E-state index contributed by atoms with van der Waals surface area (Å²) in [5, 5.41) is 33.9. The number of carbonyl (C=O) groups is 4. The van der Waals surface area contributed by atoms with Crippen molar-refractivity contribution >= 4 is 23.6 Å². The standard InChI is InChI=1S/C33H49N5O9/c1-34-25(40)17-45-18-26(41)35-13-6-4-3-5-7-14-36-27(42)19-46-20-28(43)37-22-10-11-33(44)24-16-21-8-9-23(39)30-29(21)32(33,31(22)47-30)12-15-38(24)2/h8-9,22,24,31,39,44H,3-7,10-20H2,1-2H3,(H,34,40)(H,35,41)(H,36,42)(H,37,43)/t22-,24+,31-,32-,33+/m0/s1. The molecule has 6 N–H and O–H groups in total. The van der Waals surface area contributed by atoms with Crippen LogP contribution in [0.25, 0.3) is 0 Å². The highest BCUT2D eigenvalue weighted by molar-refractivity contribution is 5.80. The lowest BCUT2D eigenvalue weighted by molar-refractivity contribution is -0.187. The number of nitrogens with one attached hydrogen (secondary N) is 4. The van der Waals surface area contributed by atoms with Gasteiger partial charge in [0, 0.05) is 31.7 Å². The van der Waals surface area contributed by atoms with Crippen LogP contribution in [-0.2, 0) is 40.5 Å².